The van der Waals surface area contributed by atoms with Crippen molar-refractivity contribution < 1.29 is 203 Å². The van der Waals surface area contributed by atoms with Crippen molar-refractivity contribution in [3.63, 3.8) is 0 Å². The largest absolute Gasteiger partial charge is 0.479 e. The van der Waals surface area contributed by atoms with E-state index in [0.717, 1.165) is 5.57 Å². The van der Waals surface area contributed by atoms with E-state index < -0.39 is 328 Å². The summed E-state index contributed by atoms with van der Waals surface area (Å²) in [4.78, 5) is 43.6. The van der Waals surface area contributed by atoms with E-state index in [4.69, 9.17) is 71.1 Å². The molecule has 0 amide bonds. The summed E-state index contributed by atoms with van der Waals surface area (Å²) >= 11 is 0. The Morgan fingerprint density at radius 1 is 0.517 bits per heavy atom. The number of rotatable bonds is 20. The molecule has 4 saturated carbocycles. The lowest BCUT2D eigenvalue weighted by Gasteiger charge is -2.71. The second-order valence-corrected chi connectivity index (χ2v) is 36.3. The number of carboxylic acid groups (broad SMARTS) is 1. The van der Waals surface area contributed by atoms with Gasteiger partial charge in [-0.1, -0.05) is 53.2 Å². The second-order valence-electron chi connectivity index (χ2n) is 36.3. The van der Waals surface area contributed by atoms with Crippen molar-refractivity contribution in [2.24, 2.45) is 50.2 Å². The molecule has 5 aliphatic carbocycles. The van der Waals surface area contributed by atoms with E-state index in [2.05, 4.69) is 26.8 Å². The molecular formula is C75H118O41. The van der Waals surface area contributed by atoms with Gasteiger partial charge in [0.25, 0.3) is 0 Å². The first-order valence-corrected chi connectivity index (χ1v) is 39.8. The van der Waals surface area contributed by atoms with Crippen LogP contribution in [0.2, 0.25) is 0 Å². The van der Waals surface area contributed by atoms with E-state index in [1.165, 1.54) is 13.8 Å². The molecule has 0 spiro atoms. The van der Waals surface area contributed by atoms with Crippen LogP contribution in [0.25, 0.3) is 0 Å². The number of hydrogen-bond acceptors (Lipinski definition) is 40. The van der Waals surface area contributed by atoms with Crippen LogP contribution in [-0.4, -0.2) is 408 Å². The molecule has 8 saturated heterocycles. The quantitative estimate of drug-likeness (QED) is 0.0233. The number of esters is 1. The number of allylic oxidation sites excluding steroid dienone is 2. The molecule has 0 aromatic carbocycles. The predicted molar refractivity (Wildman–Crippen MR) is 375 cm³/mol. The fourth-order valence-corrected chi connectivity index (χ4v) is 21.9. The maximum absolute atomic E-state index is 16.0. The molecule has 12 fully saturated rings. The highest BCUT2D eigenvalue weighted by molar-refractivity contribution is 5.80. The standard InChI is InChI=1S/C75H118O41/c1-26-38(82)45(89)53(113-63-50(94)52(112-61-48(92)43(87)40(84)31(19-76)107-61)51(27(2)106-63)111-60-47(91)42(86)33(22-103-60)109-66-56(96)73(100,24-79)25-104-66)64(105-26)116-67(99)74-16-15-68(3,4)17-29(74)28-9-10-35-69(5)13-12-37(70(6,23-78)34(69)11-14-71(35,7)72(28,8)18-36(74)81)110-65-54(114-62-49(93)44(88)41(85)32(20-77)108-62)55(95)75(101,58(115-65)59(97)98)57-46(90)39(83)30(80)21-102-57/h9,23,26-27,29-58,60-66,76-77,79-96,100-101H,10-22,24-25H2,1-8H3,(H,97,98)/t26-,27+,29-,30-,31-,32-,33-,34-,35-,36?,37+,38+,39+,40-,41+,42+,43+,44+,45+,46-,47-,48-,49-,50-,51+,52+,53-,54-,55-,56+,57-,58-,60+,61+,62+,63+,64+,65-,66+,69+,70+,71-,72-,73-,74-,75-/m1/s1. The van der Waals surface area contributed by atoms with Gasteiger partial charge in [0.2, 0.25) is 6.29 Å². The first-order valence-electron chi connectivity index (χ1n) is 39.8. The van der Waals surface area contributed by atoms with Crippen LogP contribution in [0.3, 0.4) is 0 Å². The number of aldehydes is 1. The number of ether oxygens (including phenoxy) is 15. The van der Waals surface area contributed by atoms with E-state index in [0.29, 0.717) is 44.8 Å². The number of carboxylic acids is 1. The molecule has 1 unspecified atom stereocenters. The normalized spacial score (nSPS) is 55.5. The van der Waals surface area contributed by atoms with Gasteiger partial charge in [-0.05, 0) is 111 Å². The van der Waals surface area contributed by atoms with Gasteiger partial charge in [0.05, 0.1) is 69.5 Å². The van der Waals surface area contributed by atoms with E-state index in [1.54, 1.807) is 6.92 Å². The summed E-state index contributed by atoms with van der Waals surface area (Å²) in [5.41, 5.74) is -10.8. The molecule has 41 nitrogen and oxygen atoms in total. The highest BCUT2D eigenvalue weighted by atomic mass is 16.8. The summed E-state index contributed by atoms with van der Waals surface area (Å²) in [5.74, 6) is -4.57. The van der Waals surface area contributed by atoms with Crippen molar-refractivity contribution in [1.29, 1.82) is 0 Å². The van der Waals surface area contributed by atoms with Gasteiger partial charge in [0.1, 0.15) is 158 Å². The van der Waals surface area contributed by atoms with E-state index in [-0.39, 0.29) is 25.2 Å². The third kappa shape index (κ3) is 14.9. The average Bonchev–Trinajstić information content (AvgIpc) is 0.744. The number of carbonyl (C=O) groups is 3. The van der Waals surface area contributed by atoms with Gasteiger partial charge in [0.15, 0.2) is 55.5 Å². The third-order valence-electron chi connectivity index (χ3n) is 29.1. The molecule has 23 N–H and O–H groups in total. The fourth-order valence-electron chi connectivity index (χ4n) is 21.9. The Hall–Kier alpha value is -3.09. The van der Waals surface area contributed by atoms with Crippen molar-refractivity contribution in [2.45, 2.75) is 345 Å². The molecule has 8 aliphatic heterocycles. The number of aliphatic hydroxyl groups is 22. The number of carbonyl (C=O) groups excluding carboxylic acids is 2. The summed E-state index contributed by atoms with van der Waals surface area (Å²) < 4.78 is 90.0. The molecule has 41 heteroatoms. The third-order valence-corrected chi connectivity index (χ3v) is 29.1. The van der Waals surface area contributed by atoms with E-state index >= 15 is 4.79 Å². The monoisotopic (exact) mass is 1670 g/mol. The van der Waals surface area contributed by atoms with Crippen molar-refractivity contribution in [3.05, 3.63) is 11.6 Å². The Morgan fingerprint density at radius 2 is 1.11 bits per heavy atom. The number of aliphatic carboxylic acids is 1. The highest BCUT2D eigenvalue weighted by Gasteiger charge is 2.74. The van der Waals surface area contributed by atoms with Gasteiger partial charge < -0.3 is 193 Å². The average molecular weight is 1680 g/mol. The van der Waals surface area contributed by atoms with Crippen LogP contribution in [0.4, 0.5) is 0 Å². The Labute approximate surface area is 665 Å². The molecule has 0 aromatic rings. The van der Waals surface area contributed by atoms with Crippen LogP contribution in [0, 0.1) is 50.2 Å². The highest BCUT2D eigenvalue weighted by Crippen LogP contribution is 2.76. The van der Waals surface area contributed by atoms with Crippen LogP contribution in [0.1, 0.15) is 113 Å². The summed E-state index contributed by atoms with van der Waals surface area (Å²) in [7, 11) is 0. The van der Waals surface area contributed by atoms with Gasteiger partial charge in [-0.25, -0.2) is 4.79 Å². The van der Waals surface area contributed by atoms with Gasteiger partial charge in [-0.15, -0.1) is 0 Å². The molecule has 116 heavy (non-hydrogen) atoms. The first kappa shape index (κ1) is 90.6. The van der Waals surface area contributed by atoms with Crippen molar-refractivity contribution in [1.82, 2.24) is 0 Å². The maximum atomic E-state index is 16.0. The van der Waals surface area contributed by atoms with Crippen molar-refractivity contribution >= 4 is 18.2 Å². The lowest BCUT2D eigenvalue weighted by molar-refractivity contribution is -0.400. The number of fused-ring (bicyclic) bond motifs is 7. The van der Waals surface area contributed by atoms with Gasteiger partial charge in [0, 0.05) is 0 Å². The lowest BCUT2D eigenvalue weighted by Crippen LogP contribution is -2.78. The molecule has 13 rings (SSSR count). The second kappa shape index (κ2) is 33.4. The van der Waals surface area contributed by atoms with Crippen molar-refractivity contribution in [3.8, 4) is 0 Å². The fraction of sp³-hybridized carbons (Fsp3) is 0.933. The molecule has 8 heterocycles. The minimum absolute atomic E-state index is 0.0161. The zero-order valence-corrected chi connectivity index (χ0v) is 65.4. The zero-order valence-electron chi connectivity index (χ0n) is 65.4. The van der Waals surface area contributed by atoms with Gasteiger partial charge in [-0.3, -0.25) is 4.79 Å². The topological polar surface area (TPSA) is 655 Å². The Morgan fingerprint density at radius 3 is 1.72 bits per heavy atom. The Balaban J connectivity index is 0.757. The number of hydrogen-bond donors (Lipinski definition) is 23. The van der Waals surface area contributed by atoms with Crippen LogP contribution in [-0.2, 0) is 85.4 Å². The minimum atomic E-state index is -3.31. The first-order chi connectivity index (χ1) is 54.3. The van der Waals surface area contributed by atoms with Crippen molar-refractivity contribution in [2.75, 3.05) is 39.6 Å². The summed E-state index contributed by atoms with van der Waals surface area (Å²) in [6.45, 7) is 9.96. The molecule has 0 aromatic heterocycles. The smallest absolute Gasteiger partial charge is 0.336 e. The Kier molecular flexibility index (Phi) is 26.1. The molecule has 46 atom stereocenters. The van der Waals surface area contributed by atoms with Crippen LogP contribution < -0.4 is 0 Å². The molecule has 0 bridgehead atoms. The Bertz CT molecular complexity index is 3470. The van der Waals surface area contributed by atoms with E-state index in [9.17, 15) is 127 Å². The van der Waals surface area contributed by atoms with Gasteiger partial charge in [-0.2, -0.15) is 0 Å². The summed E-state index contributed by atoms with van der Waals surface area (Å²) in [6, 6.07) is 0. The lowest BCUT2D eigenvalue weighted by atomic mass is 9.33. The van der Waals surface area contributed by atoms with Crippen LogP contribution in [0.5, 0.6) is 0 Å². The van der Waals surface area contributed by atoms with E-state index in [1.807, 2.05) is 13.8 Å². The summed E-state index contributed by atoms with van der Waals surface area (Å²) in [6.07, 6.45) is -64.2. The number of aliphatic hydroxyl groups excluding tert-OH is 20. The van der Waals surface area contributed by atoms with Crippen LogP contribution >= 0.6 is 0 Å². The zero-order chi connectivity index (χ0) is 84.9. The SMILES string of the molecule is C[C@@H]1O[C@@H](O[C@H]2[C@H](OC(=O)[C@]34CCC(C)(C)C[C@@H]3C3=CC[C@@H]5[C@@]6(C)CC[C@H](O[C@@H]7O[C@H](C(=O)O)[C@](O)([C@@H]8OC[C@@H](O)[C@H](O)[C@H]8O)[C@H](O)[C@H]7O[C@@H]7O[C@H](CO)[C@H](O)[C@H](O)[C@H]7O)[C@@](C)(C=O)[C@@H]6CC[C@@]5(C)[C@]3(C)CC4O)O[C@H](C)[C@H](O)[C@@H]2O)[C@H](O)[C@H](O[C@@H]2O[C@H](CO)[C@@H](O)[C@H](O)[C@H]2O)[C@H]1O[C@@H]1OC[C@@H](O[C@@H]2OC[C@](O)(CO)[C@H]2O)[C@H](O)[C@H]1O. The van der Waals surface area contributed by atoms with Crippen LogP contribution in [0.15, 0.2) is 11.6 Å². The molecular weight excluding hydrogens is 1560 g/mol. The summed E-state index contributed by atoms with van der Waals surface area (Å²) in [5, 5.41) is 257. The predicted octanol–water partition coefficient (Wildman–Crippen LogP) is -9.13. The maximum Gasteiger partial charge on any atom is 0.336 e. The van der Waals surface area contributed by atoms with Gasteiger partial charge >= 0.3 is 11.9 Å². The minimum Gasteiger partial charge on any atom is -0.479 e. The molecule has 13 aliphatic rings. The molecule has 0 radical (unpaired) electrons. The molecule has 664 valence electrons.